The van der Waals surface area contributed by atoms with E-state index in [1.807, 2.05) is 6.20 Å². The summed E-state index contributed by atoms with van der Waals surface area (Å²) in [5.41, 5.74) is 2.39. The van der Waals surface area contributed by atoms with Gasteiger partial charge in [-0.3, -0.25) is 10.00 Å². The summed E-state index contributed by atoms with van der Waals surface area (Å²) in [6, 6.07) is 6.45. The van der Waals surface area contributed by atoms with Crippen molar-refractivity contribution in [2.24, 2.45) is 5.92 Å². The van der Waals surface area contributed by atoms with Gasteiger partial charge in [0.1, 0.15) is 11.9 Å². The van der Waals surface area contributed by atoms with E-state index in [1.165, 1.54) is 5.56 Å². The average molecular weight is 311 g/mol. The first-order chi connectivity index (χ1) is 11.3. The third-order valence-electron chi connectivity index (χ3n) is 4.79. The number of hydrogen-bond acceptors (Lipinski definition) is 4. The molecule has 120 valence electrons. The van der Waals surface area contributed by atoms with Crippen molar-refractivity contribution in [1.82, 2.24) is 25.1 Å². The zero-order chi connectivity index (χ0) is 15.6. The van der Waals surface area contributed by atoms with Gasteiger partial charge in [-0.15, -0.1) is 0 Å². The van der Waals surface area contributed by atoms with E-state index in [0.29, 0.717) is 5.82 Å². The SMILES string of the molecule is OC(c1ncc[nH]1)C1CCN(Cc2ccc3cn[nH]c3c2)CC1. The summed E-state index contributed by atoms with van der Waals surface area (Å²) in [6.45, 7) is 2.95. The average Bonchev–Trinajstić information content (AvgIpc) is 3.26. The number of rotatable bonds is 4. The lowest BCUT2D eigenvalue weighted by molar-refractivity contribution is 0.0515. The number of aliphatic hydroxyl groups is 1. The van der Waals surface area contributed by atoms with E-state index in [4.69, 9.17) is 0 Å². The molecular weight excluding hydrogens is 290 g/mol. The van der Waals surface area contributed by atoms with Crippen molar-refractivity contribution in [3.63, 3.8) is 0 Å². The molecule has 1 fully saturated rings. The minimum absolute atomic E-state index is 0.285. The van der Waals surface area contributed by atoms with E-state index in [9.17, 15) is 5.11 Å². The molecule has 1 atom stereocenters. The largest absolute Gasteiger partial charge is 0.385 e. The summed E-state index contributed by atoms with van der Waals surface area (Å²) in [7, 11) is 0. The Morgan fingerprint density at radius 3 is 2.96 bits per heavy atom. The van der Waals surface area contributed by atoms with Gasteiger partial charge in [-0.2, -0.15) is 5.10 Å². The highest BCUT2D eigenvalue weighted by Gasteiger charge is 2.27. The van der Waals surface area contributed by atoms with Gasteiger partial charge in [-0.05, 0) is 43.5 Å². The number of hydrogen-bond donors (Lipinski definition) is 3. The van der Waals surface area contributed by atoms with E-state index < -0.39 is 6.10 Å². The standard InChI is InChI=1S/C17H21N5O/c23-16(17-18-5-6-19-17)13-3-7-22(8-4-13)11-12-1-2-14-10-20-21-15(14)9-12/h1-2,5-6,9-10,13,16,23H,3-4,7-8,11H2,(H,18,19)(H,20,21). The Kier molecular flexibility index (Phi) is 3.85. The maximum atomic E-state index is 10.4. The van der Waals surface area contributed by atoms with Crippen molar-refractivity contribution in [3.8, 4) is 0 Å². The molecule has 4 rings (SSSR count). The van der Waals surface area contributed by atoms with Crippen LogP contribution >= 0.6 is 0 Å². The summed E-state index contributed by atoms with van der Waals surface area (Å²) >= 11 is 0. The van der Waals surface area contributed by atoms with E-state index in [0.717, 1.165) is 43.4 Å². The molecule has 1 aromatic carbocycles. The normalized spacial score (nSPS) is 18.5. The Labute approximate surface area is 134 Å². The summed E-state index contributed by atoms with van der Waals surface area (Å²) < 4.78 is 0. The lowest BCUT2D eigenvalue weighted by Gasteiger charge is -2.33. The predicted molar refractivity (Wildman–Crippen MR) is 87.6 cm³/mol. The van der Waals surface area contributed by atoms with Crippen LogP contribution in [0, 0.1) is 5.92 Å². The first-order valence-corrected chi connectivity index (χ1v) is 8.11. The van der Waals surface area contributed by atoms with Crippen molar-refractivity contribution >= 4 is 10.9 Å². The molecule has 6 nitrogen and oxygen atoms in total. The zero-order valence-electron chi connectivity index (χ0n) is 12.9. The van der Waals surface area contributed by atoms with E-state index in [1.54, 1.807) is 12.4 Å². The molecule has 6 heteroatoms. The second kappa shape index (κ2) is 6.14. The second-order valence-corrected chi connectivity index (χ2v) is 6.32. The van der Waals surface area contributed by atoms with Gasteiger partial charge in [0.2, 0.25) is 0 Å². The predicted octanol–water partition coefficient (Wildman–Crippen LogP) is 2.23. The molecule has 3 N–H and O–H groups in total. The highest BCUT2D eigenvalue weighted by atomic mass is 16.3. The number of benzene rings is 1. The van der Waals surface area contributed by atoms with Crippen LogP contribution < -0.4 is 0 Å². The quantitative estimate of drug-likeness (QED) is 0.690. The number of nitrogens with zero attached hydrogens (tertiary/aromatic N) is 3. The number of imidazole rings is 1. The fourth-order valence-corrected chi connectivity index (χ4v) is 3.43. The van der Waals surface area contributed by atoms with Crippen LogP contribution in [0.25, 0.3) is 10.9 Å². The van der Waals surface area contributed by atoms with Gasteiger partial charge in [0, 0.05) is 24.3 Å². The van der Waals surface area contributed by atoms with Gasteiger partial charge >= 0.3 is 0 Å². The topological polar surface area (TPSA) is 80.8 Å². The molecule has 0 spiro atoms. The summed E-state index contributed by atoms with van der Waals surface area (Å²) in [4.78, 5) is 9.64. The van der Waals surface area contributed by atoms with E-state index in [-0.39, 0.29) is 5.92 Å². The third kappa shape index (κ3) is 3.00. The first kappa shape index (κ1) is 14.4. The third-order valence-corrected chi connectivity index (χ3v) is 4.79. The number of aromatic amines is 2. The maximum absolute atomic E-state index is 10.4. The van der Waals surface area contributed by atoms with Crippen LogP contribution in [0.5, 0.6) is 0 Å². The van der Waals surface area contributed by atoms with Crippen LogP contribution in [-0.4, -0.2) is 43.3 Å². The van der Waals surface area contributed by atoms with Crippen molar-refractivity contribution in [2.75, 3.05) is 13.1 Å². The van der Waals surface area contributed by atoms with Crippen molar-refractivity contribution in [2.45, 2.75) is 25.5 Å². The van der Waals surface area contributed by atoms with Crippen molar-refractivity contribution in [3.05, 3.63) is 48.2 Å². The highest BCUT2D eigenvalue weighted by molar-refractivity contribution is 5.78. The molecule has 3 heterocycles. The molecule has 0 saturated carbocycles. The van der Waals surface area contributed by atoms with Gasteiger partial charge in [-0.25, -0.2) is 4.98 Å². The lowest BCUT2D eigenvalue weighted by Crippen LogP contribution is -2.35. The molecule has 23 heavy (non-hydrogen) atoms. The smallest absolute Gasteiger partial charge is 0.135 e. The molecule has 1 saturated heterocycles. The number of H-pyrrole nitrogens is 2. The van der Waals surface area contributed by atoms with Crippen molar-refractivity contribution in [1.29, 1.82) is 0 Å². The molecule has 0 amide bonds. The van der Waals surface area contributed by atoms with Crippen LogP contribution in [0.1, 0.15) is 30.3 Å². The Balaban J connectivity index is 1.36. The monoisotopic (exact) mass is 311 g/mol. The summed E-state index contributed by atoms with van der Waals surface area (Å²) in [6.07, 6.45) is 6.81. The molecule has 1 unspecified atom stereocenters. The Bertz CT molecular complexity index is 758. The fourth-order valence-electron chi connectivity index (χ4n) is 3.43. The molecular formula is C17H21N5O. The van der Waals surface area contributed by atoms with Crippen LogP contribution in [-0.2, 0) is 6.54 Å². The maximum Gasteiger partial charge on any atom is 0.135 e. The first-order valence-electron chi connectivity index (χ1n) is 8.11. The lowest BCUT2D eigenvalue weighted by atomic mass is 9.90. The van der Waals surface area contributed by atoms with Crippen molar-refractivity contribution < 1.29 is 5.11 Å². The van der Waals surface area contributed by atoms with Gasteiger partial charge < -0.3 is 10.1 Å². The molecule has 0 aliphatic carbocycles. The number of aromatic nitrogens is 4. The summed E-state index contributed by atoms with van der Waals surface area (Å²) in [5.74, 6) is 0.973. The molecule has 1 aliphatic rings. The Hall–Kier alpha value is -2.18. The Morgan fingerprint density at radius 1 is 1.30 bits per heavy atom. The number of nitrogens with one attached hydrogen (secondary N) is 2. The molecule has 0 radical (unpaired) electrons. The fraction of sp³-hybridized carbons (Fsp3) is 0.412. The van der Waals surface area contributed by atoms with Gasteiger partial charge in [0.05, 0.1) is 11.7 Å². The second-order valence-electron chi connectivity index (χ2n) is 6.32. The molecule has 3 aromatic rings. The zero-order valence-corrected chi connectivity index (χ0v) is 12.9. The Morgan fingerprint density at radius 2 is 2.17 bits per heavy atom. The number of fused-ring (bicyclic) bond motifs is 1. The number of piperidine rings is 1. The van der Waals surface area contributed by atoms with Crippen LogP contribution in [0.2, 0.25) is 0 Å². The molecule has 0 bridgehead atoms. The van der Waals surface area contributed by atoms with Crippen LogP contribution in [0.15, 0.2) is 36.8 Å². The van der Waals surface area contributed by atoms with Gasteiger partial charge in [0.15, 0.2) is 0 Å². The van der Waals surface area contributed by atoms with E-state index in [2.05, 4.69) is 43.3 Å². The molecule has 2 aromatic heterocycles. The van der Waals surface area contributed by atoms with Crippen LogP contribution in [0.3, 0.4) is 0 Å². The highest BCUT2D eigenvalue weighted by Crippen LogP contribution is 2.29. The van der Waals surface area contributed by atoms with Gasteiger partial charge in [0.25, 0.3) is 0 Å². The minimum atomic E-state index is -0.478. The minimum Gasteiger partial charge on any atom is -0.385 e. The van der Waals surface area contributed by atoms with Crippen LogP contribution in [0.4, 0.5) is 0 Å². The van der Waals surface area contributed by atoms with Gasteiger partial charge in [-0.1, -0.05) is 12.1 Å². The molecule has 1 aliphatic heterocycles. The van der Waals surface area contributed by atoms with E-state index >= 15 is 0 Å². The summed E-state index contributed by atoms with van der Waals surface area (Å²) in [5, 5.41) is 18.6. The number of likely N-dealkylation sites (tertiary alicyclic amines) is 1. The number of aliphatic hydroxyl groups excluding tert-OH is 1.